The number of Topliss-reactive ketones (excluding diaryl/α,β-unsaturated/α-hetero) is 1. The quantitative estimate of drug-likeness (QED) is 0.751. The molecule has 4 heteroatoms. The standard InChI is InChI=1S/C20H24O4/c21-18(12-24-19(22)13-23-17-4-2-1-3-5-17)20-9-14-6-15(10-20)8-16(7-14)11-20/h1-5,14-16H,6-13H2. The Bertz CT molecular complexity index is 587. The normalized spacial score (nSPS) is 33.2. The van der Waals surface area contributed by atoms with Crippen LogP contribution in [0.1, 0.15) is 38.5 Å². The van der Waals surface area contributed by atoms with Gasteiger partial charge in [-0.05, 0) is 68.4 Å². The van der Waals surface area contributed by atoms with Crippen LogP contribution in [0.4, 0.5) is 0 Å². The molecule has 1 aromatic rings. The summed E-state index contributed by atoms with van der Waals surface area (Å²) in [4.78, 5) is 24.6. The minimum atomic E-state index is -0.475. The fraction of sp³-hybridized carbons (Fsp3) is 0.600. The molecule has 4 fully saturated rings. The van der Waals surface area contributed by atoms with Gasteiger partial charge in [0.15, 0.2) is 19.0 Å². The molecule has 0 saturated heterocycles. The monoisotopic (exact) mass is 328 g/mol. The summed E-state index contributed by atoms with van der Waals surface area (Å²) < 4.78 is 10.6. The molecule has 24 heavy (non-hydrogen) atoms. The molecule has 0 unspecified atom stereocenters. The molecule has 0 atom stereocenters. The molecular formula is C20H24O4. The Kier molecular flexibility index (Phi) is 4.07. The second-order valence-corrected chi connectivity index (χ2v) is 7.88. The summed E-state index contributed by atoms with van der Waals surface area (Å²) in [5, 5.41) is 0. The number of ketones is 1. The zero-order valence-electron chi connectivity index (χ0n) is 13.9. The van der Waals surface area contributed by atoms with E-state index in [1.54, 1.807) is 12.1 Å². The van der Waals surface area contributed by atoms with Gasteiger partial charge in [0.05, 0.1) is 0 Å². The van der Waals surface area contributed by atoms with E-state index in [1.165, 1.54) is 19.3 Å². The number of hydrogen-bond acceptors (Lipinski definition) is 4. The molecule has 5 rings (SSSR count). The lowest BCUT2D eigenvalue weighted by atomic mass is 9.48. The summed E-state index contributed by atoms with van der Waals surface area (Å²) >= 11 is 0. The third-order valence-corrected chi connectivity index (χ3v) is 6.09. The molecule has 4 aliphatic carbocycles. The van der Waals surface area contributed by atoms with Gasteiger partial charge in [-0.25, -0.2) is 4.79 Å². The van der Waals surface area contributed by atoms with Crippen molar-refractivity contribution in [2.24, 2.45) is 23.2 Å². The van der Waals surface area contributed by atoms with E-state index in [4.69, 9.17) is 9.47 Å². The number of carbonyl (C=O) groups excluding carboxylic acids is 2. The Morgan fingerprint density at radius 2 is 1.50 bits per heavy atom. The summed E-state index contributed by atoms with van der Waals surface area (Å²) in [5.41, 5.74) is -0.199. The van der Waals surface area contributed by atoms with Gasteiger partial charge >= 0.3 is 5.97 Å². The highest BCUT2D eigenvalue weighted by molar-refractivity contribution is 5.88. The van der Waals surface area contributed by atoms with Gasteiger partial charge in [0, 0.05) is 5.41 Å². The van der Waals surface area contributed by atoms with Crippen LogP contribution in [-0.4, -0.2) is 25.0 Å². The van der Waals surface area contributed by atoms with Gasteiger partial charge in [0.25, 0.3) is 0 Å². The van der Waals surface area contributed by atoms with E-state index in [-0.39, 0.29) is 24.4 Å². The van der Waals surface area contributed by atoms with E-state index < -0.39 is 5.97 Å². The van der Waals surface area contributed by atoms with E-state index in [0.29, 0.717) is 5.75 Å². The summed E-state index contributed by atoms with van der Waals surface area (Å²) in [6.45, 7) is -0.249. The van der Waals surface area contributed by atoms with Gasteiger partial charge in [0.1, 0.15) is 5.75 Å². The number of ether oxygens (including phenoxy) is 2. The van der Waals surface area contributed by atoms with E-state index in [9.17, 15) is 9.59 Å². The van der Waals surface area contributed by atoms with Crippen LogP contribution in [0.15, 0.2) is 30.3 Å². The van der Waals surface area contributed by atoms with Crippen molar-refractivity contribution in [1.82, 2.24) is 0 Å². The van der Waals surface area contributed by atoms with Gasteiger partial charge in [-0.15, -0.1) is 0 Å². The number of esters is 1. The van der Waals surface area contributed by atoms with Crippen molar-refractivity contribution >= 4 is 11.8 Å². The zero-order chi connectivity index (χ0) is 16.6. The number of hydrogen-bond donors (Lipinski definition) is 0. The molecule has 4 bridgehead atoms. The van der Waals surface area contributed by atoms with E-state index in [0.717, 1.165) is 37.0 Å². The molecule has 0 spiro atoms. The van der Waals surface area contributed by atoms with Crippen LogP contribution >= 0.6 is 0 Å². The predicted octanol–water partition coefficient (Wildman–Crippen LogP) is 3.39. The average molecular weight is 328 g/mol. The number of rotatable bonds is 6. The number of carbonyl (C=O) groups is 2. The van der Waals surface area contributed by atoms with Gasteiger partial charge < -0.3 is 9.47 Å². The second kappa shape index (κ2) is 6.23. The molecule has 4 nitrogen and oxygen atoms in total. The molecule has 1 aromatic carbocycles. The molecule has 0 N–H and O–H groups in total. The minimum Gasteiger partial charge on any atom is -0.482 e. The van der Waals surface area contributed by atoms with E-state index in [2.05, 4.69) is 0 Å². The lowest BCUT2D eigenvalue weighted by molar-refractivity contribution is -0.158. The van der Waals surface area contributed by atoms with Crippen LogP contribution in [0.25, 0.3) is 0 Å². The lowest BCUT2D eigenvalue weighted by Crippen LogP contribution is -2.51. The minimum absolute atomic E-state index is 0.0941. The first-order valence-corrected chi connectivity index (χ1v) is 9.00. The van der Waals surface area contributed by atoms with Crippen LogP contribution in [0.3, 0.4) is 0 Å². The largest absolute Gasteiger partial charge is 0.482 e. The highest BCUT2D eigenvalue weighted by atomic mass is 16.6. The summed E-state index contributed by atoms with van der Waals surface area (Å²) in [5.74, 6) is 2.44. The first-order valence-electron chi connectivity index (χ1n) is 9.00. The summed E-state index contributed by atoms with van der Waals surface area (Å²) in [6, 6.07) is 9.14. The Morgan fingerprint density at radius 1 is 0.917 bits per heavy atom. The number of benzene rings is 1. The van der Waals surface area contributed by atoms with Crippen LogP contribution in [-0.2, 0) is 14.3 Å². The Hall–Kier alpha value is -1.84. The fourth-order valence-corrected chi connectivity index (χ4v) is 5.45. The maximum Gasteiger partial charge on any atom is 0.344 e. The van der Waals surface area contributed by atoms with Crippen molar-refractivity contribution in [3.8, 4) is 5.75 Å². The van der Waals surface area contributed by atoms with Gasteiger partial charge in [-0.2, -0.15) is 0 Å². The maximum atomic E-state index is 12.8. The van der Waals surface area contributed by atoms with Crippen molar-refractivity contribution in [3.05, 3.63) is 30.3 Å². The Balaban J connectivity index is 1.28. The molecular weight excluding hydrogens is 304 g/mol. The molecule has 0 amide bonds. The smallest absolute Gasteiger partial charge is 0.344 e. The summed E-state index contributed by atoms with van der Waals surface area (Å²) in [7, 11) is 0. The van der Waals surface area contributed by atoms with Crippen LogP contribution < -0.4 is 4.74 Å². The molecule has 0 aromatic heterocycles. The Morgan fingerprint density at radius 3 is 2.08 bits per heavy atom. The van der Waals surface area contributed by atoms with Gasteiger partial charge in [-0.1, -0.05) is 18.2 Å². The van der Waals surface area contributed by atoms with Gasteiger partial charge in [0.2, 0.25) is 0 Å². The van der Waals surface area contributed by atoms with Crippen LogP contribution in [0, 0.1) is 23.2 Å². The van der Waals surface area contributed by atoms with Crippen molar-refractivity contribution in [2.75, 3.05) is 13.2 Å². The number of para-hydroxylation sites is 1. The molecule has 4 saturated carbocycles. The van der Waals surface area contributed by atoms with Gasteiger partial charge in [-0.3, -0.25) is 4.79 Å². The maximum absolute atomic E-state index is 12.8. The molecule has 4 aliphatic rings. The molecule has 128 valence electrons. The third kappa shape index (κ3) is 3.06. The van der Waals surface area contributed by atoms with E-state index >= 15 is 0 Å². The zero-order valence-corrected chi connectivity index (χ0v) is 13.9. The van der Waals surface area contributed by atoms with Crippen molar-refractivity contribution < 1.29 is 19.1 Å². The third-order valence-electron chi connectivity index (χ3n) is 6.09. The van der Waals surface area contributed by atoms with Crippen LogP contribution in [0.2, 0.25) is 0 Å². The second-order valence-electron chi connectivity index (χ2n) is 7.88. The molecule has 0 aliphatic heterocycles. The van der Waals surface area contributed by atoms with Crippen LogP contribution in [0.5, 0.6) is 5.75 Å². The first-order chi connectivity index (χ1) is 11.6. The van der Waals surface area contributed by atoms with Crippen molar-refractivity contribution in [1.29, 1.82) is 0 Å². The van der Waals surface area contributed by atoms with E-state index in [1.807, 2.05) is 18.2 Å². The predicted molar refractivity (Wildman–Crippen MR) is 88.5 cm³/mol. The topological polar surface area (TPSA) is 52.6 Å². The first kappa shape index (κ1) is 15.7. The summed E-state index contributed by atoms with van der Waals surface area (Å²) in [6.07, 6.45) is 6.94. The SMILES string of the molecule is O=C(COc1ccccc1)OCC(=O)C12CC3CC(CC(C3)C1)C2. The highest BCUT2D eigenvalue weighted by Gasteiger charge is 2.54. The van der Waals surface area contributed by atoms with Crippen molar-refractivity contribution in [2.45, 2.75) is 38.5 Å². The Labute approximate surface area is 142 Å². The molecule has 0 heterocycles. The van der Waals surface area contributed by atoms with Crippen molar-refractivity contribution in [3.63, 3.8) is 0 Å². The molecule has 0 radical (unpaired) electrons. The lowest BCUT2D eigenvalue weighted by Gasteiger charge is -2.55. The average Bonchev–Trinajstić information content (AvgIpc) is 2.57. The highest BCUT2D eigenvalue weighted by Crippen LogP contribution is 2.60. The fourth-order valence-electron chi connectivity index (χ4n) is 5.45.